The lowest BCUT2D eigenvalue weighted by molar-refractivity contribution is 0.0851. The van der Waals surface area contributed by atoms with Gasteiger partial charge in [-0.3, -0.25) is 4.90 Å². The summed E-state index contributed by atoms with van der Waals surface area (Å²) < 4.78 is 26.6. The molecule has 0 aromatic rings. The number of piperidine rings is 1. The van der Waals surface area contributed by atoms with Crippen LogP contribution in [0.3, 0.4) is 0 Å². The Morgan fingerprint density at radius 2 is 1.95 bits per heavy atom. The monoisotopic (exact) mass is 317 g/mol. The van der Waals surface area contributed by atoms with E-state index in [0.29, 0.717) is 30.9 Å². The van der Waals surface area contributed by atoms with Gasteiger partial charge in [0, 0.05) is 31.7 Å². The molecule has 1 atom stereocenters. The van der Waals surface area contributed by atoms with Crippen molar-refractivity contribution in [3.05, 3.63) is 0 Å². The summed E-state index contributed by atoms with van der Waals surface area (Å²) in [5.41, 5.74) is 0. The van der Waals surface area contributed by atoms with E-state index in [2.05, 4.69) is 24.1 Å². The van der Waals surface area contributed by atoms with Crippen LogP contribution in [-0.4, -0.2) is 68.2 Å². The molecular formula is C15H31N3O2S. The van der Waals surface area contributed by atoms with Crippen molar-refractivity contribution >= 4 is 10.0 Å². The molecule has 1 unspecified atom stereocenters. The number of sulfonamides is 1. The third kappa shape index (κ3) is 5.20. The zero-order valence-electron chi connectivity index (χ0n) is 13.6. The second-order valence-electron chi connectivity index (χ2n) is 6.68. The molecule has 0 aromatic carbocycles. The number of nitrogens with one attached hydrogen (secondary N) is 1. The summed E-state index contributed by atoms with van der Waals surface area (Å²) in [5.74, 6) is 0.305. The van der Waals surface area contributed by atoms with Crippen molar-refractivity contribution in [3.63, 3.8) is 0 Å². The molecule has 2 rings (SSSR count). The number of fused-ring (bicyclic) bond motifs is 1. The molecule has 0 saturated carbocycles. The quantitative estimate of drug-likeness (QED) is 0.718. The molecule has 0 bridgehead atoms. The predicted octanol–water partition coefficient (Wildman–Crippen LogP) is 1.26. The van der Waals surface area contributed by atoms with Crippen molar-refractivity contribution in [1.29, 1.82) is 0 Å². The zero-order valence-corrected chi connectivity index (χ0v) is 14.4. The second-order valence-corrected chi connectivity index (χ2v) is 8.76. The van der Waals surface area contributed by atoms with Gasteiger partial charge in [-0.05, 0) is 38.8 Å². The molecule has 6 heteroatoms. The summed E-state index contributed by atoms with van der Waals surface area (Å²) in [6.07, 6.45) is 5.36. The van der Waals surface area contributed by atoms with Gasteiger partial charge in [0.05, 0.1) is 5.75 Å². The summed E-state index contributed by atoms with van der Waals surface area (Å²) in [4.78, 5) is 2.47. The van der Waals surface area contributed by atoms with Crippen LogP contribution in [0.2, 0.25) is 0 Å². The van der Waals surface area contributed by atoms with E-state index in [1.54, 1.807) is 4.31 Å². The molecule has 2 aliphatic heterocycles. The molecule has 0 aliphatic carbocycles. The minimum Gasteiger partial charge on any atom is -0.315 e. The molecule has 0 amide bonds. The predicted molar refractivity (Wildman–Crippen MR) is 86.9 cm³/mol. The fourth-order valence-electron chi connectivity index (χ4n) is 3.31. The molecule has 2 saturated heterocycles. The van der Waals surface area contributed by atoms with Gasteiger partial charge in [-0.25, -0.2) is 8.42 Å². The third-order valence-corrected chi connectivity index (χ3v) is 6.50. The molecule has 0 spiro atoms. The maximum atomic E-state index is 12.4. The van der Waals surface area contributed by atoms with Crippen molar-refractivity contribution < 1.29 is 8.42 Å². The maximum absolute atomic E-state index is 12.4. The molecule has 1 N–H and O–H groups in total. The van der Waals surface area contributed by atoms with Gasteiger partial charge in [-0.15, -0.1) is 0 Å². The van der Waals surface area contributed by atoms with E-state index in [-0.39, 0.29) is 0 Å². The molecule has 0 aromatic heterocycles. The number of hydrogen-bond donors (Lipinski definition) is 1. The van der Waals surface area contributed by atoms with Crippen LogP contribution in [0.1, 0.15) is 46.0 Å². The van der Waals surface area contributed by atoms with Crippen molar-refractivity contribution in [2.45, 2.75) is 58.0 Å². The number of rotatable bonds is 7. The molecule has 2 heterocycles. The van der Waals surface area contributed by atoms with Gasteiger partial charge in [0.1, 0.15) is 0 Å². The van der Waals surface area contributed by atoms with Gasteiger partial charge in [-0.1, -0.05) is 20.3 Å². The average Bonchev–Trinajstić information content (AvgIpc) is 2.46. The van der Waals surface area contributed by atoms with Gasteiger partial charge in [-0.2, -0.15) is 4.31 Å². The van der Waals surface area contributed by atoms with Crippen LogP contribution >= 0.6 is 0 Å². The fourth-order valence-corrected chi connectivity index (χ4v) is 4.90. The van der Waals surface area contributed by atoms with Gasteiger partial charge < -0.3 is 5.32 Å². The van der Waals surface area contributed by atoms with E-state index in [9.17, 15) is 8.42 Å². The molecular weight excluding hydrogens is 286 g/mol. The second kappa shape index (κ2) is 7.90. The van der Waals surface area contributed by atoms with Crippen LogP contribution in [-0.2, 0) is 10.0 Å². The Bertz CT molecular complexity index is 411. The Kier molecular flexibility index (Phi) is 6.47. The molecule has 5 nitrogen and oxygen atoms in total. The highest BCUT2D eigenvalue weighted by atomic mass is 32.2. The molecule has 2 aliphatic rings. The van der Waals surface area contributed by atoms with Crippen molar-refractivity contribution in [3.8, 4) is 0 Å². The Morgan fingerprint density at radius 1 is 1.14 bits per heavy atom. The lowest BCUT2D eigenvalue weighted by atomic mass is 10.0. The Hall–Kier alpha value is -0.170. The number of hydrogen-bond acceptors (Lipinski definition) is 4. The van der Waals surface area contributed by atoms with Crippen LogP contribution in [0.5, 0.6) is 0 Å². The molecule has 21 heavy (non-hydrogen) atoms. The lowest BCUT2D eigenvalue weighted by Gasteiger charge is -2.43. The SMILES string of the molecule is CC(C)NCCCCS(=O)(=O)N1CCN2CCCCC2C1. The van der Waals surface area contributed by atoms with Crippen LogP contribution in [0.15, 0.2) is 0 Å². The highest BCUT2D eigenvalue weighted by molar-refractivity contribution is 7.89. The highest BCUT2D eigenvalue weighted by Crippen LogP contribution is 2.22. The van der Waals surface area contributed by atoms with Gasteiger partial charge in [0.2, 0.25) is 10.0 Å². The number of nitrogens with zero attached hydrogens (tertiary/aromatic N) is 2. The standard InChI is InChI=1S/C15H31N3O2S/c1-14(2)16-8-4-6-12-21(19,20)18-11-10-17-9-5-3-7-15(17)13-18/h14-16H,3-13H2,1-2H3. The summed E-state index contributed by atoms with van der Waals surface area (Å²) in [5, 5.41) is 3.33. The van der Waals surface area contributed by atoms with E-state index in [1.807, 2.05) is 0 Å². The summed E-state index contributed by atoms with van der Waals surface area (Å²) in [6, 6.07) is 0.936. The van der Waals surface area contributed by atoms with Crippen LogP contribution in [0, 0.1) is 0 Å². The molecule has 2 fully saturated rings. The number of unbranched alkanes of at least 4 members (excludes halogenated alkanes) is 1. The average molecular weight is 317 g/mol. The van der Waals surface area contributed by atoms with Gasteiger partial charge >= 0.3 is 0 Å². The largest absolute Gasteiger partial charge is 0.315 e. The van der Waals surface area contributed by atoms with Crippen molar-refractivity contribution in [2.24, 2.45) is 0 Å². The Balaban J connectivity index is 1.74. The van der Waals surface area contributed by atoms with Gasteiger partial charge in [0.25, 0.3) is 0 Å². The highest BCUT2D eigenvalue weighted by Gasteiger charge is 2.33. The summed E-state index contributed by atoms with van der Waals surface area (Å²) >= 11 is 0. The van der Waals surface area contributed by atoms with Crippen molar-refractivity contribution in [1.82, 2.24) is 14.5 Å². The lowest BCUT2D eigenvalue weighted by Crippen LogP contribution is -2.56. The molecule has 0 radical (unpaired) electrons. The first-order valence-electron chi connectivity index (χ1n) is 8.44. The number of piperazine rings is 1. The minimum absolute atomic E-state index is 0.305. The third-order valence-electron chi connectivity index (χ3n) is 4.58. The molecule has 124 valence electrons. The van der Waals surface area contributed by atoms with Crippen LogP contribution < -0.4 is 5.32 Å². The summed E-state index contributed by atoms with van der Waals surface area (Å²) in [7, 11) is -3.06. The smallest absolute Gasteiger partial charge is 0.214 e. The van der Waals surface area contributed by atoms with Gasteiger partial charge in [0.15, 0.2) is 0 Å². The van der Waals surface area contributed by atoms with E-state index in [1.165, 1.54) is 12.8 Å². The van der Waals surface area contributed by atoms with E-state index in [0.717, 1.165) is 38.9 Å². The van der Waals surface area contributed by atoms with E-state index >= 15 is 0 Å². The normalized spacial score (nSPS) is 25.2. The summed E-state index contributed by atoms with van der Waals surface area (Å²) in [6.45, 7) is 8.60. The van der Waals surface area contributed by atoms with E-state index in [4.69, 9.17) is 0 Å². The maximum Gasteiger partial charge on any atom is 0.214 e. The van der Waals surface area contributed by atoms with Crippen LogP contribution in [0.4, 0.5) is 0 Å². The Morgan fingerprint density at radius 3 is 2.71 bits per heavy atom. The zero-order chi connectivity index (χ0) is 15.3. The van der Waals surface area contributed by atoms with E-state index < -0.39 is 10.0 Å². The topological polar surface area (TPSA) is 52.7 Å². The Labute approximate surface area is 130 Å². The van der Waals surface area contributed by atoms with Crippen molar-refractivity contribution in [2.75, 3.05) is 38.5 Å². The minimum atomic E-state index is -3.06. The van der Waals surface area contributed by atoms with Crippen LogP contribution in [0.25, 0.3) is 0 Å². The fraction of sp³-hybridized carbons (Fsp3) is 1.00. The first kappa shape index (κ1) is 17.2. The first-order valence-corrected chi connectivity index (χ1v) is 10.1. The first-order chi connectivity index (χ1) is 9.99.